The van der Waals surface area contributed by atoms with E-state index in [-0.39, 0.29) is 0 Å². The van der Waals surface area contributed by atoms with E-state index in [9.17, 15) is 0 Å². The molecule has 1 saturated carbocycles. The molecule has 108 valence electrons. The minimum atomic E-state index is 0.737. The summed E-state index contributed by atoms with van der Waals surface area (Å²) < 4.78 is 0. The van der Waals surface area contributed by atoms with Gasteiger partial charge in [0.05, 0.1) is 0 Å². The first-order valence-electron chi connectivity index (χ1n) is 8.14. The van der Waals surface area contributed by atoms with Gasteiger partial charge in [-0.05, 0) is 64.1 Å². The molecule has 1 fully saturated rings. The molecule has 1 unspecified atom stereocenters. The Kier molecular flexibility index (Phi) is 7.92. The van der Waals surface area contributed by atoms with Crippen molar-refractivity contribution in [1.29, 1.82) is 0 Å². The van der Waals surface area contributed by atoms with E-state index in [2.05, 4.69) is 37.9 Å². The third-order valence-corrected chi connectivity index (χ3v) is 4.04. The molecule has 1 N–H and O–H groups in total. The predicted octanol–water partition coefficient (Wildman–Crippen LogP) is 3.67. The van der Waals surface area contributed by atoms with Crippen LogP contribution in [0.3, 0.4) is 0 Å². The van der Waals surface area contributed by atoms with Gasteiger partial charge in [-0.3, -0.25) is 0 Å². The Morgan fingerprint density at radius 1 is 1.11 bits per heavy atom. The molecule has 0 aromatic heterocycles. The summed E-state index contributed by atoms with van der Waals surface area (Å²) in [5.41, 5.74) is 0. The lowest BCUT2D eigenvalue weighted by atomic mass is 10.1. The standard InChI is InChI=1S/C16H34N2/c1-5-15(17-6-2)8-7-12-18(16-9-10-16)13-11-14(3)4/h14-17H,5-13H2,1-4H3. The van der Waals surface area contributed by atoms with Crippen molar-refractivity contribution < 1.29 is 0 Å². The molecule has 1 atom stereocenters. The molecule has 0 aliphatic heterocycles. The summed E-state index contributed by atoms with van der Waals surface area (Å²) in [6.07, 6.45) is 8.23. The predicted molar refractivity (Wildman–Crippen MR) is 81.0 cm³/mol. The van der Waals surface area contributed by atoms with Crippen LogP contribution in [0.2, 0.25) is 0 Å². The van der Waals surface area contributed by atoms with E-state index in [4.69, 9.17) is 0 Å². The summed E-state index contributed by atoms with van der Waals surface area (Å²) in [5.74, 6) is 0.844. The summed E-state index contributed by atoms with van der Waals surface area (Å²) in [6, 6.07) is 1.67. The first kappa shape index (κ1) is 16.0. The van der Waals surface area contributed by atoms with E-state index in [0.29, 0.717) is 0 Å². The molecular formula is C16H34N2. The molecule has 0 heterocycles. The smallest absolute Gasteiger partial charge is 0.00964 e. The van der Waals surface area contributed by atoms with Crippen LogP contribution in [0.15, 0.2) is 0 Å². The van der Waals surface area contributed by atoms with Crippen LogP contribution in [-0.4, -0.2) is 36.6 Å². The first-order chi connectivity index (χ1) is 8.67. The van der Waals surface area contributed by atoms with E-state index >= 15 is 0 Å². The molecule has 0 aromatic rings. The van der Waals surface area contributed by atoms with Gasteiger partial charge in [-0.25, -0.2) is 0 Å². The fraction of sp³-hybridized carbons (Fsp3) is 1.00. The Balaban J connectivity index is 2.16. The second-order valence-electron chi connectivity index (χ2n) is 6.25. The zero-order valence-electron chi connectivity index (χ0n) is 13.0. The summed E-state index contributed by atoms with van der Waals surface area (Å²) in [5, 5.41) is 3.58. The minimum Gasteiger partial charge on any atom is -0.314 e. The molecule has 1 aliphatic carbocycles. The van der Waals surface area contributed by atoms with Crippen LogP contribution in [-0.2, 0) is 0 Å². The molecule has 2 nitrogen and oxygen atoms in total. The van der Waals surface area contributed by atoms with Crippen molar-refractivity contribution in [2.75, 3.05) is 19.6 Å². The molecule has 1 rings (SSSR count). The molecule has 0 saturated heterocycles. The van der Waals surface area contributed by atoms with Gasteiger partial charge in [0, 0.05) is 12.1 Å². The molecular weight excluding hydrogens is 220 g/mol. The van der Waals surface area contributed by atoms with Crippen LogP contribution in [0.1, 0.15) is 66.2 Å². The third-order valence-electron chi connectivity index (χ3n) is 4.04. The highest BCUT2D eigenvalue weighted by atomic mass is 15.2. The summed E-state index contributed by atoms with van der Waals surface area (Å²) in [6.45, 7) is 12.9. The van der Waals surface area contributed by atoms with E-state index in [0.717, 1.165) is 24.5 Å². The third kappa shape index (κ3) is 6.75. The van der Waals surface area contributed by atoms with Gasteiger partial charge in [0.25, 0.3) is 0 Å². The summed E-state index contributed by atoms with van der Waals surface area (Å²) in [7, 11) is 0. The van der Waals surface area contributed by atoms with Gasteiger partial charge in [-0.2, -0.15) is 0 Å². The van der Waals surface area contributed by atoms with Gasteiger partial charge in [-0.15, -0.1) is 0 Å². The average Bonchev–Trinajstić information content (AvgIpc) is 3.16. The van der Waals surface area contributed by atoms with Crippen LogP contribution < -0.4 is 5.32 Å². The maximum Gasteiger partial charge on any atom is 0.00964 e. The maximum absolute atomic E-state index is 3.58. The summed E-state index contributed by atoms with van der Waals surface area (Å²) in [4.78, 5) is 2.75. The second-order valence-corrected chi connectivity index (χ2v) is 6.25. The van der Waals surface area contributed by atoms with Gasteiger partial charge < -0.3 is 10.2 Å². The van der Waals surface area contributed by atoms with Crippen LogP contribution in [0.4, 0.5) is 0 Å². The fourth-order valence-corrected chi connectivity index (χ4v) is 2.62. The van der Waals surface area contributed by atoms with Gasteiger partial charge in [0.1, 0.15) is 0 Å². The average molecular weight is 254 g/mol. The van der Waals surface area contributed by atoms with E-state index in [1.807, 2.05) is 0 Å². The number of rotatable bonds is 11. The van der Waals surface area contributed by atoms with E-state index in [1.54, 1.807) is 0 Å². The first-order valence-corrected chi connectivity index (χ1v) is 8.14. The van der Waals surface area contributed by atoms with Gasteiger partial charge in [0.15, 0.2) is 0 Å². The van der Waals surface area contributed by atoms with Crippen LogP contribution >= 0.6 is 0 Å². The van der Waals surface area contributed by atoms with Crippen LogP contribution in [0, 0.1) is 5.92 Å². The Labute approximate surface area is 115 Å². The molecule has 0 aromatic carbocycles. The van der Waals surface area contributed by atoms with Gasteiger partial charge in [-0.1, -0.05) is 27.7 Å². The van der Waals surface area contributed by atoms with Gasteiger partial charge >= 0.3 is 0 Å². The van der Waals surface area contributed by atoms with E-state index in [1.165, 1.54) is 51.6 Å². The quantitative estimate of drug-likeness (QED) is 0.605. The molecule has 18 heavy (non-hydrogen) atoms. The highest BCUT2D eigenvalue weighted by Gasteiger charge is 2.28. The second kappa shape index (κ2) is 8.92. The lowest BCUT2D eigenvalue weighted by Crippen LogP contribution is -2.32. The molecule has 0 bridgehead atoms. The maximum atomic E-state index is 3.58. The van der Waals surface area contributed by atoms with Crippen molar-refractivity contribution in [1.82, 2.24) is 10.2 Å². The Bertz CT molecular complexity index is 199. The number of nitrogens with zero attached hydrogens (tertiary/aromatic N) is 1. The Hall–Kier alpha value is -0.0800. The number of hydrogen-bond acceptors (Lipinski definition) is 2. The van der Waals surface area contributed by atoms with E-state index < -0.39 is 0 Å². The highest BCUT2D eigenvalue weighted by molar-refractivity contribution is 4.84. The Morgan fingerprint density at radius 3 is 2.33 bits per heavy atom. The van der Waals surface area contributed by atoms with Crippen molar-refractivity contribution in [2.45, 2.75) is 78.3 Å². The van der Waals surface area contributed by atoms with Crippen molar-refractivity contribution in [2.24, 2.45) is 5.92 Å². The molecule has 0 amide bonds. The molecule has 0 radical (unpaired) electrons. The van der Waals surface area contributed by atoms with Crippen molar-refractivity contribution >= 4 is 0 Å². The zero-order chi connectivity index (χ0) is 13.4. The zero-order valence-corrected chi connectivity index (χ0v) is 13.0. The van der Waals surface area contributed by atoms with Crippen molar-refractivity contribution in [3.63, 3.8) is 0 Å². The van der Waals surface area contributed by atoms with Crippen molar-refractivity contribution in [3.05, 3.63) is 0 Å². The fourth-order valence-electron chi connectivity index (χ4n) is 2.62. The van der Waals surface area contributed by atoms with Gasteiger partial charge in [0.2, 0.25) is 0 Å². The number of hydrogen-bond donors (Lipinski definition) is 1. The topological polar surface area (TPSA) is 15.3 Å². The molecule has 0 spiro atoms. The monoisotopic (exact) mass is 254 g/mol. The largest absolute Gasteiger partial charge is 0.314 e. The summed E-state index contributed by atoms with van der Waals surface area (Å²) >= 11 is 0. The Morgan fingerprint density at radius 2 is 1.83 bits per heavy atom. The lowest BCUT2D eigenvalue weighted by molar-refractivity contribution is 0.238. The molecule has 1 aliphatic rings. The highest BCUT2D eigenvalue weighted by Crippen LogP contribution is 2.27. The molecule has 2 heteroatoms. The normalized spacial score (nSPS) is 17.7. The number of nitrogens with one attached hydrogen (secondary N) is 1. The van der Waals surface area contributed by atoms with Crippen LogP contribution in [0.25, 0.3) is 0 Å². The van der Waals surface area contributed by atoms with Crippen molar-refractivity contribution in [3.8, 4) is 0 Å². The SMILES string of the molecule is CCNC(CC)CCCN(CCC(C)C)C1CC1. The minimum absolute atomic E-state index is 0.737. The van der Waals surface area contributed by atoms with Crippen LogP contribution in [0.5, 0.6) is 0 Å². The lowest BCUT2D eigenvalue weighted by Gasteiger charge is -2.24.